The number of hydrogen-bond acceptors (Lipinski definition) is 3. The van der Waals surface area contributed by atoms with Crippen LogP contribution in [0.5, 0.6) is 0 Å². The first-order valence-corrected chi connectivity index (χ1v) is 7.68. The zero-order valence-electron chi connectivity index (χ0n) is 13.8. The van der Waals surface area contributed by atoms with E-state index in [0.29, 0.717) is 0 Å². The molecule has 0 saturated heterocycles. The molecule has 0 aromatic rings. The summed E-state index contributed by atoms with van der Waals surface area (Å²) in [5.74, 6) is -62.6. The van der Waals surface area contributed by atoms with Crippen LogP contribution in [0.4, 0.5) is 74.6 Å². The van der Waals surface area contributed by atoms with Gasteiger partial charge in [0.05, 0.1) is 0 Å². The van der Waals surface area contributed by atoms with Crippen molar-refractivity contribution in [2.24, 2.45) is 0 Å². The molecular weight excluding hydrogens is 550 g/mol. The van der Waals surface area contributed by atoms with Gasteiger partial charge in [0.2, 0.25) is 0 Å². The van der Waals surface area contributed by atoms with Gasteiger partial charge < -0.3 is 4.55 Å². The molecule has 31 heavy (non-hydrogen) atoms. The monoisotopic (exact) mass is 552 g/mol. The van der Waals surface area contributed by atoms with Crippen molar-refractivity contribution in [2.75, 3.05) is 5.75 Å². The first-order valence-electron chi connectivity index (χ1n) is 6.10. The van der Waals surface area contributed by atoms with E-state index in [2.05, 4.69) is 0 Å². The SMILES string of the molecule is O=S(=O)([O-])CC(F)(F)C(F)(F)C(F)(F)C(F)(F)C(F)(F)C(F)(F)C(F)(F)C(F)(F)F.[K+]. The van der Waals surface area contributed by atoms with Crippen LogP contribution in [0.15, 0.2) is 0 Å². The topological polar surface area (TPSA) is 57.2 Å². The molecule has 0 N–H and O–H groups in total. The van der Waals surface area contributed by atoms with Crippen molar-refractivity contribution in [3.63, 3.8) is 0 Å². The average molecular weight is 552 g/mol. The van der Waals surface area contributed by atoms with Gasteiger partial charge in [-0.05, 0) is 0 Å². The van der Waals surface area contributed by atoms with Gasteiger partial charge in [0.15, 0.2) is 0 Å². The molecule has 0 radical (unpaired) electrons. The summed E-state index contributed by atoms with van der Waals surface area (Å²) >= 11 is 0. The second-order valence-electron chi connectivity index (χ2n) is 5.35. The fourth-order valence-electron chi connectivity index (χ4n) is 1.51. The Morgan fingerprint density at radius 2 is 0.710 bits per heavy atom. The van der Waals surface area contributed by atoms with Crippen molar-refractivity contribution >= 4 is 10.1 Å². The second-order valence-corrected chi connectivity index (χ2v) is 6.75. The van der Waals surface area contributed by atoms with Crippen molar-refractivity contribution < 1.29 is 139 Å². The van der Waals surface area contributed by atoms with E-state index in [1.807, 2.05) is 0 Å². The van der Waals surface area contributed by atoms with Crippen LogP contribution in [0.25, 0.3) is 0 Å². The molecule has 0 saturated carbocycles. The van der Waals surface area contributed by atoms with E-state index in [9.17, 15) is 87.6 Å². The second kappa shape index (κ2) is 8.54. The van der Waals surface area contributed by atoms with Gasteiger partial charge in [-0.3, -0.25) is 0 Å². The Balaban J connectivity index is 0. The maximum atomic E-state index is 13.1. The molecule has 0 aliphatic rings. The van der Waals surface area contributed by atoms with E-state index in [-0.39, 0.29) is 51.4 Å². The minimum Gasteiger partial charge on any atom is -0.748 e. The van der Waals surface area contributed by atoms with Gasteiger partial charge in [0.25, 0.3) is 0 Å². The minimum absolute atomic E-state index is 0. The van der Waals surface area contributed by atoms with E-state index >= 15 is 0 Å². The van der Waals surface area contributed by atoms with Crippen LogP contribution in [0, 0.1) is 0 Å². The fourth-order valence-corrected chi connectivity index (χ4v) is 2.13. The summed E-state index contributed by atoms with van der Waals surface area (Å²) in [6.07, 6.45) is -7.87. The van der Waals surface area contributed by atoms with Crippen LogP contribution in [-0.4, -0.2) is 66.4 Å². The number of alkyl halides is 17. The van der Waals surface area contributed by atoms with E-state index in [1.54, 1.807) is 0 Å². The Kier molecular flexibility index (Phi) is 9.23. The molecule has 0 unspecified atom stereocenters. The molecule has 0 aliphatic heterocycles. The van der Waals surface area contributed by atoms with Gasteiger partial charge in [0, 0.05) is 0 Å². The summed E-state index contributed by atoms with van der Waals surface area (Å²) in [6, 6.07) is 0. The van der Waals surface area contributed by atoms with Crippen LogP contribution in [0.2, 0.25) is 0 Å². The maximum Gasteiger partial charge on any atom is 1.00 e. The largest absolute Gasteiger partial charge is 1.00 e. The quantitative estimate of drug-likeness (QED) is 0.261. The molecule has 0 amide bonds. The fraction of sp³-hybridized carbons (Fsp3) is 1.00. The van der Waals surface area contributed by atoms with Crippen LogP contribution in [0.3, 0.4) is 0 Å². The Hall–Kier alpha value is 0.356. The molecule has 0 aromatic carbocycles. The molecular formula is C9H2F17KO3S. The van der Waals surface area contributed by atoms with Crippen molar-refractivity contribution in [2.45, 2.75) is 47.6 Å². The molecule has 3 nitrogen and oxygen atoms in total. The van der Waals surface area contributed by atoms with E-state index in [1.165, 1.54) is 0 Å². The van der Waals surface area contributed by atoms with E-state index in [4.69, 9.17) is 0 Å². The third kappa shape index (κ3) is 5.07. The van der Waals surface area contributed by atoms with Gasteiger partial charge >= 0.3 is 99.0 Å². The Labute approximate surface area is 201 Å². The normalized spacial score (nSPS) is 16.2. The van der Waals surface area contributed by atoms with Crippen LogP contribution < -0.4 is 51.4 Å². The van der Waals surface area contributed by atoms with Crippen LogP contribution >= 0.6 is 0 Å². The number of rotatable bonds is 8. The van der Waals surface area contributed by atoms with Gasteiger partial charge in [-0.1, -0.05) is 0 Å². The van der Waals surface area contributed by atoms with Crippen molar-refractivity contribution in [3.05, 3.63) is 0 Å². The van der Waals surface area contributed by atoms with Gasteiger partial charge in [-0.25, -0.2) is 8.42 Å². The first kappa shape index (κ1) is 33.5. The zero-order chi connectivity index (χ0) is 25.2. The molecule has 0 fully saturated rings. The molecule has 0 atom stereocenters. The summed E-state index contributed by atoms with van der Waals surface area (Å²) < 4.78 is 247. The summed E-state index contributed by atoms with van der Waals surface area (Å²) in [6.45, 7) is 0. The third-order valence-corrected chi connectivity index (χ3v) is 3.86. The van der Waals surface area contributed by atoms with Crippen LogP contribution in [-0.2, 0) is 10.1 Å². The minimum atomic E-state index is -8.81. The summed E-state index contributed by atoms with van der Waals surface area (Å²) in [7, 11) is -6.74. The Morgan fingerprint density at radius 1 is 0.484 bits per heavy atom. The molecule has 0 spiro atoms. The van der Waals surface area contributed by atoms with E-state index in [0.717, 1.165) is 0 Å². The average Bonchev–Trinajstić information content (AvgIpc) is 2.41. The smallest absolute Gasteiger partial charge is 0.748 e. The van der Waals surface area contributed by atoms with Gasteiger partial charge in [-0.15, -0.1) is 0 Å². The Morgan fingerprint density at radius 3 is 0.935 bits per heavy atom. The molecule has 182 valence electrons. The first-order chi connectivity index (χ1) is 12.5. The Bertz CT molecular complexity index is 755. The van der Waals surface area contributed by atoms with Gasteiger partial charge in [-0.2, -0.15) is 74.6 Å². The van der Waals surface area contributed by atoms with Gasteiger partial charge in [0.1, 0.15) is 15.9 Å². The standard InChI is InChI=1S/C9H3F17O3S.K/c10-2(11,1-30(27,28)29)3(12,13)4(14,15)5(16,17)6(18,19)7(20,21)8(22,23)9(24,25)26;/h1H2,(H,27,28,29);/q;+1/p-1. The molecule has 0 heterocycles. The summed E-state index contributed by atoms with van der Waals surface area (Å²) in [5.41, 5.74) is 0. The number of halogens is 17. The zero-order valence-corrected chi connectivity index (χ0v) is 17.7. The van der Waals surface area contributed by atoms with Crippen molar-refractivity contribution in [1.29, 1.82) is 0 Å². The third-order valence-electron chi connectivity index (χ3n) is 3.15. The van der Waals surface area contributed by atoms with Crippen molar-refractivity contribution in [3.8, 4) is 0 Å². The predicted octanol–water partition coefficient (Wildman–Crippen LogP) is 1.54. The number of hydrogen-bond donors (Lipinski definition) is 0. The molecule has 0 bridgehead atoms. The van der Waals surface area contributed by atoms with Crippen molar-refractivity contribution in [1.82, 2.24) is 0 Å². The molecule has 0 aliphatic carbocycles. The summed E-state index contributed by atoms with van der Waals surface area (Å²) in [4.78, 5) is 0. The summed E-state index contributed by atoms with van der Waals surface area (Å²) in [5, 5.41) is 0. The van der Waals surface area contributed by atoms with Crippen LogP contribution in [0.1, 0.15) is 0 Å². The molecule has 0 rings (SSSR count). The maximum absolute atomic E-state index is 13.1. The van der Waals surface area contributed by atoms with E-state index < -0.39 is 63.5 Å². The predicted molar refractivity (Wildman–Crippen MR) is 55.2 cm³/mol. The molecule has 22 heteroatoms. The molecule has 0 aromatic heterocycles.